The number of hydrogen-bond acceptors (Lipinski definition) is 3. The maximum atomic E-state index is 5.69. The fraction of sp³-hybridized carbons (Fsp3) is 0.583. The van der Waals surface area contributed by atoms with Gasteiger partial charge in [0.05, 0.1) is 12.8 Å². The molecule has 0 aliphatic carbocycles. The molecule has 84 valence electrons. The number of aromatic nitrogens is 1. The molecule has 1 heterocycles. The van der Waals surface area contributed by atoms with Crippen molar-refractivity contribution in [2.75, 3.05) is 13.2 Å². The zero-order valence-corrected chi connectivity index (χ0v) is 9.79. The summed E-state index contributed by atoms with van der Waals surface area (Å²) >= 11 is 0. The van der Waals surface area contributed by atoms with E-state index in [1.165, 1.54) is 5.56 Å². The topological polar surface area (TPSA) is 34.2 Å². The van der Waals surface area contributed by atoms with Crippen LogP contribution >= 0.6 is 0 Å². The Morgan fingerprint density at radius 1 is 1.47 bits per heavy atom. The molecule has 1 rings (SSSR count). The van der Waals surface area contributed by atoms with E-state index in [0.29, 0.717) is 5.92 Å². The molecule has 0 spiro atoms. The molecular formula is C12H20N2O. The van der Waals surface area contributed by atoms with Crippen molar-refractivity contribution in [3.8, 4) is 5.75 Å². The summed E-state index contributed by atoms with van der Waals surface area (Å²) in [4.78, 5) is 4.08. The molecule has 1 aromatic rings. The molecule has 3 heteroatoms. The average Bonchev–Trinajstić information content (AvgIpc) is 2.24. The smallest absolute Gasteiger partial charge is 0.142 e. The van der Waals surface area contributed by atoms with Crippen molar-refractivity contribution < 1.29 is 4.74 Å². The molecule has 0 aliphatic heterocycles. The van der Waals surface area contributed by atoms with E-state index in [1.807, 2.05) is 6.07 Å². The minimum Gasteiger partial charge on any atom is -0.491 e. The highest BCUT2D eigenvalue weighted by atomic mass is 16.5. The Morgan fingerprint density at radius 3 is 2.93 bits per heavy atom. The van der Waals surface area contributed by atoms with E-state index in [0.717, 1.165) is 25.4 Å². The van der Waals surface area contributed by atoms with E-state index in [4.69, 9.17) is 4.74 Å². The van der Waals surface area contributed by atoms with Crippen LogP contribution in [-0.4, -0.2) is 18.1 Å². The maximum Gasteiger partial charge on any atom is 0.142 e. The molecule has 0 aromatic carbocycles. The molecule has 0 fully saturated rings. The van der Waals surface area contributed by atoms with Crippen LogP contribution in [0.2, 0.25) is 0 Å². The highest BCUT2D eigenvalue weighted by Crippen LogP contribution is 2.16. The predicted molar refractivity (Wildman–Crippen MR) is 62.0 cm³/mol. The van der Waals surface area contributed by atoms with Crippen LogP contribution in [0.3, 0.4) is 0 Å². The summed E-state index contributed by atoms with van der Waals surface area (Å²) in [5.41, 5.74) is 1.17. The lowest BCUT2D eigenvalue weighted by atomic mass is 10.2. The Labute approximate surface area is 91.9 Å². The van der Waals surface area contributed by atoms with Gasteiger partial charge in [0.1, 0.15) is 5.75 Å². The lowest BCUT2D eigenvalue weighted by Crippen LogP contribution is -2.14. The third-order valence-corrected chi connectivity index (χ3v) is 2.01. The van der Waals surface area contributed by atoms with Gasteiger partial charge in [-0.25, -0.2) is 0 Å². The van der Waals surface area contributed by atoms with Gasteiger partial charge in [-0.2, -0.15) is 0 Å². The monoisotopic (exact) mass is 208 g/mol. The molecule has 0 radical (unpaired) electrons. The summed E-state index contributed by atoms with van der Waals surface area (Å²) in [5.74, 6) is 1.43. The second-order valence-electron chi connectivity index (χ2n) is 3.97. The third kappa shape index (κ3) is 4.30. The van der Waals surface area contributed by atoms with Crippen molar-refractivity contribution >= 4 is 0 Å². The first-order chi connectivity index (χ1) is 7.24. The largest absolute Gasteiger partial charge is 0.491 e. The Balaban J connectivity index is 2.59. The summed E-state index contributed by atoms with van der Waals surface area (Å²) in [6.07, 6.45) is 3.59. The Hall–Kier alpha value is -1.09. The van der Waals surface area contributed by atoms with Crippen LogP contribution in [-0.2, 0) is 6.54 Å². The third-order valence-electron chi connectivity index (χ3n) is 2.01. The van der Waals surface area contributed by atoms with E-state index in [2.05, 4.69) is 31.1 Å². The molecule has 1 aromatic heterocycles. The highest BCUT2D eigenvalue weighted by molar-refractivity contribution is 5.29. The van der Waals surface area contributed by atoms with Gasteiger partial charge < -0.3 is 10.1 Å². The van der Waals surface area contributed by atoms with Crippen LogP contribution < -0.4 is 10.1 Å². The van der Waals surface area contributed by atoms with Crippen LogP contribution in [0, 0.1) is 5.92 Å². The SMILES string of the molecule is CCNCc1ccncc1OCC(C)C. The minimum atomic E-state index is 0.539. The lowest BCUT2D eigenvalue weighted by molar-refractivity contribution is 0.267. The van der Waals surface area contributed by atoms with E-state index in [-0.39, 0.29) is 0 Å². The zero-order chi connectivity index (χ0) is 11.1. The van der Waals surface area contributed by atoms with Crippen molar-refractivity contribution in [1.82, 2.24) is 10.3 Å². The summed E-state index contributed by atoms with van der Waals surface area (Å²) in [7, 11) is 0. The fourth-order valence-electron chi connectivity index (χ4n) is 1.20. The number of ether oxygens (including phenoxy) is 1. The van der Waals surface area contributed by atoms with Gasteiger partial charge in [-0.15, -0.1) is 0 Å². The molecule has 15 heavy (non-hydrogen) atoms. The molecule has 0 amide bonds. The van der Waals surface area contributed by atoms with Gasteiger partial charge in [0, 0.05) is 18.3 Å². The van der Waals surface area contributed by atoms with Crippen molar-refractivity contribution in [2.45, 2.75) is 27.3 Å². The Kier molecular flexibility index (Phi) is 5.12. The number of nitrogens with one attached hydrogen (secondary N) is 1. The van der Waals surface area contributed by atoms with Crippen LogP contribution in [0.4, 0.5) is 0 Å². The average molecular weight is 208 g/mol. The van der Waals surface area contributed by atoms with Crippen LogP contribution in [0.25, 0.3) is 0 Å². The first-order valence-electron chi connectivity index (χ1n) is 5.50. The molecule has 0 bridgehead atoms. The minimum absolute atomic E-state index is 0.539. The first kappa shape index (κ1) is 12.0. The molecular weight excluding hydrogens is 188 g/mol. The number of nitrogens with zero attached hydrogens (tertiary/aromatic N) is 1. The van der Waals surface area contributed by atoms with Crippen LogP contribution in [0.5, 0.6) is 5.75 Å². The predicted octanol–water partition coefficient (Wildman–Crippen LogP) is 2.23. The summed E-state index contributed by atoms with van der Waals surface area (Å²) in [6.45, 7) is 8.92. The summed E-state index contributed by atoms with van der Waals surface area (Å²) in [5, 5.41) is 3.28. The number of rotatable bonds is 6. The van der Waals surface area contributed by atoms with Gasteiger partial charge in [-0.1, -0.05) is 20.8 Å². The fourth-order valence-corrected chi connectivity index (χ4v) is 1.20. The molecule has 0 aliphatic rings. The van der Waals surface area contributed by atoms with E-state index in [9.17, 15) is 0 Å². The van der Waals surface area contributed by atoms with Crippen molar-refractivity contribution in [3.05, 3.63) is 24.0 Å². The van der Waals surface area contributed by atoms with Crippen molar-refractivity contribution in [3.63, 3.8) is 0 Å². The summed E-state index contributed by atoms with van der Waals surface area (Å²) < 4.78 is 5.69. The Bertz CT molecular complexity index is 287. The molecule has 3 nitrogen and oxygen atoms in total. The normalized spacial score (nSPS) is 10.7. The van der Waals surface area contributed by atoms with Gasteiger partial charge in [0.15, 0.2) is 0 Å². The standard InChI is InChI=1S/C12H20N2O/c1-4-13-7-11-5-6-14-8-12(11)15-9-10(2)3/h5-6,8,10,13H,4,7,9H2,1-3H3. The maximum absolute atomic E-state index is 5.69. The van der Waals surface area contributed by atoms with Crippen molar-refractivity contribution in [1.29, 1.82) is 0 Å². The van der Waals surface area contributed by atoms with Crippen LogP contribution in [0.15, 0.2) is 18.5 Å². The van der Waals surface area contributed by atoms with Gasteiger partial charge in [0.25, 0.3) is 0 Å². The van der Waals surface area contributed by atoms with Crippen LogP contribution in [0.1, 0.15) is 26.3 Å². The zero-order valence-electron chi connectivity index (χ0n) is 9.79. The molecule has 0 unspecified atom stereocenters. The van der Waals surface area contributed by atoms with E-state index in [1.54, 1.807) is 12.4 Å². The number of hydrogen-bond donors (Lipinski definition) is 1. The first-order valence-corrected chi connectivity index (χ1v) is 5.50. The second kappa shape index (κ2) is 6.40. The molecule has 0 saturated heterocycles. The van der Waals surface area contributed by atoms with E-state index >= 15 is 0 Å². The van der Waals surface area contributed by atoms with Gasteiger partial charge in [-0.05, 0) is 18.5 Å². The number of pyridine rings is 1. The molecule has 1 N–H and O–H groups in total. The van der Waals surface area contributed by atoms with Gasteiger partial charge in [-0.3, -0.25) is 4.98 Å². The highest BCUT2D eigenvalue weighted by Gasteiger charge is 2.03. The molecule has 0 saturated carbocycles. The van der Waals surface area contributed by atoms with Gasteiger partial charge >= 0.3 is 0 Å². The molecule has 0 atom stereocenters. The summed E-state index contributed by atoms with van der Waals surface area (Å²) in [6, 6.07) is 2.00. The van der Waals surface area contributed by atoms with Gasteiger partial charge in [0.2, 0.25) is 0 Å². The second-order valence-corrected chi connectivity index (χ2v) is 3.97. The quantitative estimate of drug-likeness (QED) is 0.778. The van der Waals surface area contributed by atoms with Crippen molar-refractivity contribution in [2.24, 2.45) is 5.92 Å². The van der Waals surface area contributed by atoms with E-state index < -0.39 is 0 Å². The Morgan fingerprint density at radius 2 is 2.27 bits per heavy atom. The lowest BCUT2D eigenvalue weighted by Gasteiger charge is -2.12.